The number of likely N-dealkylation sites (N-methyl/N-ethyl adjacent to an activating group) is 1. The molecule has 0 saturated carbocycles. The van der Waals surface area contributed by atoms with E-state index >= 15 is 0 Å². The summed E-state index contributed by atoms with van der Waals surface area (Å²) in [5, 5.41) is 3.50. The summed E-state index contributed by atoms with van der Waals surface area (Å²) in [5.41, 5.74) is 10.0. The molecule has 94 valence electrons. The molecule has 1 aliphatic heterocycles. The van der Waals surface area contributed by atoms with Crippen molar-refractivity contribution in [3.8, 4) is 0 Å². The van der Waals surface area contributed by atoms with E-state index in [1.165, 1.54) is 16.8 Å². The minimum atomic E-state index is 0.297. The van der Waals surface area contributed by atoms with E-state index in [-0.39, 0.29) is 0 Å². The maximum atomic E-state index is 5.85. The highest BCUT2D eigenvalue weighted by atomic mass is 15.1. The summed E-state index contributed by atoms with van der Waals surface area (Å²) >= 11 is 0. The monoisotopic (exact) mass is 233 g/mol. The number of rotatable bonds is 5. The minimum Gasteiger partial charge on any atom is -0.374 e. The van der Waals surface area contributed by atoms with E-state index in [0.717, 1.165) is 25.9 Å². The van der Waals surface area contributed by atoms with Crippen LogP contribution in [0.15, 0.2) is 18.2 Å². The molecule has 0 saturated heterocycles. The zero-order valence-electron chi connectivity index (χ0n) is 10.9. The molecule has 3 N–H and O–H groups in total. The predicted molar refractivity (Wildman–Crippen MR) is 73.5 cm³/mol. The van der Waals surface area contributed by atoms with Crippen LogP contribution in [0.3, 0.4) is 0 Å². The van der Waals surface area contributed by atoms with Crippen molar-refractivity contribution in [1.82, 2.24) is 5.32 Å². The smallest absolute Gasteiger partial charge is 0.0444 e. The predicted octanol–water partition coefficient (Wildman–Crippen LogP) is 1.68. The number of benzene rings is 1. The fraction of sp³-hybridized carbons (Fsp3) is 0.571. The first-order valence-corrected chi connectivity index (χ1v) is 6.53. The van der Waals surface area contributed by atoms with Gasteiger partial charge in [-0.1, -0.05) is 19.1 Å². The van der Waals surface area contributed by atoms with Gasteiger partial charge in [-0.15, -0.1) is 0 Å². The molecule has 3 nitrogen and oxygen atoms in total. The van der Waals surface area contributed by atoms with Gasteiger partial charge in [-0.3, -0.25) is 0 Å². The van der Waals surface area contributed by atoms with E-state index in [4.69, 9.17) is 5.73 Å². The molecule has 0 radical (unpaired) electrons. The van der Waals surface area contributed by atoms with Gasteiger partial charge in [-0.25, -0.2) is 0 Å². The summed E-state index contributed by atoms with van der Waals surface area (Å²) in [6.07, 6.45) is 2.30. The maximum absolute atomic E-state index is 5.85. The summed E-state index contributed by atoms with van der Waals surface area (Å²) in [7, 11) is 2.15. The lowest BCUT2D eigenvalue weighted by molar-refractivity contribution is 0.540. The van der Waals surface area contributed by atoms with Crippen molar-refractivity contribution in [2.75, 3.05) is 31.6 Å². The Balaban J connectivity index is 2.16. The number of nitrogens with one attached hydrogen (secondary N) is 1. The maximum Gasteiger partial charge on any atom is 0.0444 e. The molecule has 0 amide bonds. The number of nitrogens with two attached hydrogens (primary N) is 1. The fourth-order valence-electron chi connectivity index (χ4n) is 2.46. The van der Waals surface area contributed by atoms with Crippen LogP contribution in [-0.2, 0) is 6.42 Å². The Kier molecular flexibility index (Phi) is 4.02. The lowest BCUT2D eigenvalue weighted by Gasteiger charge is -2.18. The van der Waals surface area contributed by atoms with Crippen LogP contribution in [-0.4, -0.2) is 26.7 Å². The van der Waals surface area contributed by atoms with E-state index in [2.05, 4.69) is 42.4 Å². The van der Waals surface area contributed by atoms with Gasteiger partial charge < -0.3 is 16.0 Å². The number of nitrogens with zero attached hydrogens (tertiary/aromatic N) is 1. The van der Waals surface area contributed by atoms with Crippen molar-refractivity contribution in [2.45, 2.75) is 25.8 Å². The Morgan fingerprint density at radius 3 is 3.00 bits per heavy atom. The van der Waals surface area contributed by atoms with Crippen molar-refractivity contribution < 1.29 is 0 Å². The molecule has 1 unspecified atom stereocenters. The van der Waals surface area contributed by atoms with Gasteiger partial charge in [0.05, 0.1) is 0 Å². The minimum absolute atomic E-state index is 0.297. The molecule has 2 rings (SSSR count). The van der Waals surface area contributed by atoms with Crippen molar-refractivity contribution in [1.29, 1.82) is 0 Å². The normalized spacial score (nSPS) is 16.1. The van der Waals surface area contributed by atoms with Gasteiger partial charge in [-0.2, -0.15) is 0 Å². The molecule has 0 fully saturated rings. The lowest BCUT2D eigenvalue weighted by atomic mass is 10.0. The van der Waals surface area contributed by atoms with Crippen LogP contribution in [0.5, 0.6) is 0 Å². The SMILES string of the molecule is CCCNC(CN)c1ccc2c(c1)CCN2C. The Hall–Kier alpha value is -1.06. The molecule has 1 heterocycles. The highest BCUT2D eigenvalue weighted by molar-refractivity contribution is 5.58. The summed E-state index contributed by atoms with van der Waals surface area (Å²) in [6, 6.07) is 7.06. The highest BCUT2D eigenvalue weighted by Gasteiger charge is 2.17. The third-order valence-corrected chi connectivity index (χ3v) is 3.51. The molecule has 0 aliphatic carbocycles. The molecule has 0 aromatic heterocycles. The molecule has 3 heteroatoms. The summed E-state index contributed by atoms with van der Waals surface area (Å²) in [5.74, 6) is 0. The van der Waals surface area contributed by atoms with E-state index in [1.807, 2.05) is 0 Å². The first-order chi connectivity index (χ1) is 8.26. The molecular formula is C14H23N3. The lowest BCUT2D eigenvalue weighted by Crippen LogP contribution is -2.28. The molecular weight excluding hydrogens is 210 g/mol. The molecule has 1 atom stereocenters. The zero-order chi connectivity index (χ0) is 12.3. The molecule has 0 spiro atoms. The average molecular weight is 233 g/mol. The molecule has 1 aromatic carbocycles. The Morgan fingerprint density at radius 2 is 2.29 bits per heavy atom. The Bertz CT molecular complexity index is 376. The van der Waals surface area contributed by atoms with Gasteiger partial charge >= 0.3 is 0 Å². The van der Waals surface area contributed by atoms with Gasteiger partial charge in [0.1, 0.15) is 0 Å². The van der Waals surface area contributed by atoms with Gasteiger partial charge in [0.2, 0.25) is 0 Å². The van der Waals surface area contributed by atoms with Crippen LogP contribution in [0.25, 0.3) is 0 Å². The standard InChI is InChI=1S/C14H23N3/c1-3-7-16-13(10-15)11-4-5-14-12(9-11)6-8-17(14)2/h4-5,9,13,16H,3,6-8,10,15H2,1-2H3. The van der Waals surface area contributed by atoms with Crippen LogP contribution >= 0.6 is 0 Å². The average Bonchev–Trinajstić information content (AvgIpc) is 2.72. The number of anilines is 1. The molecule has 17 heavy (non-hydrogen) atoms. The first kappa shape index (κ1) is 12.4. The van der Waals surface area contributed by atoms with Crippen molar-refractivity contribution in [3.05, 3.63) is 29.3 Å². The summed E-state index contributed by atoms with van der Waals surface area (Å²) < 4.78 is 0. The number of hydrogen-bond acceptors (Lipinski definition) is 3. The summed E-state index contributed by atoms with van der Waals surface area (Å²) in [6.45, 7) is 5.00. The third-order valence-electron chi connectivity index (χ3n) is 3.51. The fourth-order valence-corrected chi connectivity index (χ4v) is 2.46. The van der Waals surface area contributed by atoms with Crippen molar-refractivity contribution in [3.63, 3.8) is 0 Å². The van der Waals surface area contributed by atoms with Gasteiger partial charge in [0.25, 0.3) is 0 Å². The second-order valence-electron chi connectivity index (χ2n) is 4.80. The zero-order valence-corrected chi connectivity index (χ0v) is 10.9. The number of fused-ring (bicyclic) bond motifs is 1. The van der Waals surface area contributed by atoms with Gasteiger partial charge in [-0.05, 0) is 36.6 Å². The van der Waals surface area contributed by atoms with E-state index in [0.29, 0.717) is 12.6 Å². The van der Waals surface area contributed by atoms with Crippen LogP contribution in [0.1, 0.15) is 30.5 Å². The van der Waals surface area contributed by atoms with Gasteiger partial charge in [0.15, 0.2) is 0 Å². The third kappa shape index (κ3) is 2.61. The Labute approximate surface area is 104 Å². The number of hydrogen-bond donors (Lipinski definition) is 2. The summed E-state index contributed by atoms with van der Waals surface area (Å²) in [4.78, 5) is 2.32. The van der Waals surface area contributed by atoms with E-state index in [1.54, 1.807) is 0 Å². The van der Waals surface area contributed by atoms with Crippen LogP contribution in [0.4, 0.5) is 5.69 Å². The van der Waals surface area contributed by atoms with Crippen LogP contribution < -0.4 is 16.0 Å². The molecule has 1 aliphatic rings. The van der Waals surface area contributed by atoms with Crippen LogP contribution in [0, 0.1) is 0 Å². The molecule has 1 aromatic rings. The van der Waals surface area contributed by atoms with Crippen molar-refractivity contribution >= 4 is 5.69 Å². The second kappa shape index (κ2) is 5.52. The topological polar surface area (TPSA) is 41.3 Å². The van der Waals surface area contributed by atoms with E-state index in [9.17, 15) is 0 Å². The van der Waals surface area contributed by atoms with Crippen molar-refractivity contribution in [2.24, 2.45) is 5.73 Å². The Morgan fingerprint density at radius 1 is 1.47 bits per heavy atom. The van der Waals surface area contributed by atoms with Crippen LogP contribution in [0.2, 0.25) is 0 Å². The van der Waals surface area contributed by atoms with E-state index < -0.39 is 0 Å². The first-order valence-electron chi connectivity index (χ1n) is 6.53. The second-order valence-corrected chi connectivity index (χ2v) is 4.80. The molecule has 0 bridgehead atoms. The highest BCUT2D eigenvalue weighted by Crippen LogP contribution is 2.29. The quantitative estimate of drug-likeness (QED) is 0.813. The largest absolute Gasteiger partial charge is 0.374 e. The van der Waals surface area contributed by atoms with Gasteiger partial charge in [0, 0.05) is 31.9 Å².